The molecule has 2 unspecified atom stereocenters. The van der Waals surface area contributed by atoms with Crippen LogP contribution in [0.4, 0.5) is 10.1 Å². The van der Waals surface area contributed by atoms with Gasteiger partial charge >= 0.3 is 0 Å². The summed E-state index contributed by atoms with van der Waals surface area (Å²) in [5.74, 6) is 0.244. The normalized spacial score (nSPS) is 16.5. The third-order valence-corrected chi connectivity index (χ3v) is 7.00. The summed E-state index contributed by atoms with van der Waals surface area (Å²) in [6.07, 6.45) is 8.06. The van der Waals surface area contributed by atoms with Crippen LogP contribution in [0.3, 0.4) is 0 Å². The number of allylic oxidation sites excluding steroid dienone is 1. The smallest absolute Gasteiger partial charge is 0.136 e. The average molecular weight is 480 g/mol. The molecule has 2 aromatic rings. The van der Waals surface area contributed by atoms with E-state index in [4.69, 9.17) is 5.73 Å². The molecule has 1 fully saturated rings. The molecule has 0 spiro atoms. The van der Waals surface area contributed by atoms with E-state index in [1.165, 1.54) is 29.0 Å². The maximum Gasteiger partial charge on any atom is 0.136 e. The fourth-order valence-corrected chi connectivity index (χ4v) is 4.99. The van der Waals surface area contributed by atoms with Crippen molar-refractivity contribution in [3.05, 3.63) is 77.1 Å². The second kappa shape index (κ2) is 13.6. The quantitative estimate of drug-likeness (QED) is 0.327. The number of carbonyl (C=O) groups excluding carboxylic acids is 1. The van der Waals surface area contributed by atoms with E-state index in [-0.39, 0.29) is 11.9 Å². The molecule has 1 aliphatic heterocycles. The Morgan fingerprint density at radius 3 is 2.17 bits per heavy atom. The molecule has 0 amide bonds. The summed E-state index contributed by atoms with van der Waals surface area (Å²) in [7, 11) is 0. The van der Waals surface area contributed by atoms with Gasteiger partial charge in [0.05, 0.1) is 6.04 Å². The fraction of sp³-hybridized carbons (Fsp3) is 0.500. The summed E-state index contributed by atoms with van der Waals surface area (Å²) in [5.41, 5.74) is 10.9. The highest BCUT2D eigenvalue weighted by molar-refractivity contribution is 5.56. The molecule has 0 radical (unpaired) electrons. The number of anilines is 1. The molecule has 0 aromatic heterocycles. The summed E-state index contributed by atoms with van der Waals surface area (Å²) >= 11 is 0. The SMILES string of the molecule is CC(C)=CCN(c1ccc(CCc2ccc(F)cc2)cc1)C1CCN(CC(C)CC(N)C=O)CC1. The predicted octanol–water partition coefficient (Wildman–Crippen LogP) is 5.40. The lowest BCUT2D eigenvalue weighted by Gasteiger charge is -2.40. The Morgan fingerprint density at radius 2 is 1.63 bits per heavy atom. The topological polar surface area (TPSA) is 49.6 Å². The first-order valence-electron chi connectivity index (χ1n) is 13.0. The molecular weight excluding hydrogens is 437 g/mol. The van der Waals surface area contributed by atoms with Gasteiger partial charge < -0.3 is 20.3 Å². The lowest BCUT2D eigenvalue weighted by Crippen LogP contribution is -2.46. The number of likely N-dealkylation sites (tertiary alicyclic amines) is 1. The van der Waals surface area contributed by atoms with Crippen LogP contribution < -0.4 is 10.6 Å². The maximum absolute atomic E-state index is 13.1. The molecule has 2 N–H and O–H groups in total. The van der Waals surface area contributed by atoms with E-state index in [1.807, 2.05) is 12.1 Å². The number of benzene rings is 2. The summed E-state index contributed by atoms with van der Waals surface area (Å²) in [5, 5.41) is 0. The van der Waals surface area contributed by atoms with Crippen molar-refractivity contribution in [2.24, 2.45) is 11.7 Å². The third kappa shape index (κ3) is 8.90. The molecule has 190 valence electrons. The molecule has 1 heterocycles. The number of piperidine rings is 1. The van der Waals surface area contributed by atoms with Gasteiger partial charge in [-0.05, 0) is 87.3 Å². The molecule has 0 aliphatic carbocycles. The summed E-state index contributed by atoms with van der Waals surface area (Å²) in [6, 6.07) is 16.0. The molecule has 2 aromatic carbocycles. The number of rotatable bonds is 12. The van der Waals surface area contributed by atoms with E-state index < -0.39 is 0 Å². The van der Waals surface area contributed by atoms with Crippen molar-refractivity contribution in [2.45, 2.75) is 65.0 Å². The second-order valence-electron chi connectivity index (χ2n) is 10.4. The van der Waals surface area contributed by atoms with Crippen LogP contribution >= 0.6 is 0 Å². The highest BCUT2D eigenvalue weighted by Gasteiger charge is 2.25. The molecule has 35 heavy (non-hydrogen) atoms. The molecule has 0 saturated carbocycles. The Labute approximate surface area is 211 Å². The summed E-state index contributed by atoms with van der Waals surface area (Å²) < 4.78 is 13.1. The molecular formula is C30H42FN3O. The van der Waals surface area contributed by atoms with Gasteiger partial charge in [0, 0.05) is 37.9 Å². The van der Waals surface area contributed by atoms with Crippen LogP contribution in [-0.4, -0.2) is 49.4 Å². The van der Waals surface area contributed by atoms with Crippen LogP contribution in [0.1, 0.15) is 51.2 Å². The van der Waals surface area contributed by atoms with Gasteiger partial charge in [-0.2, -0.15) is 0 Å². The van der Waals surface area contributed by atoms with Crippen molar-refractivity contribution < 1.29 is 9.18 Å². The molecule has 1 aliphatic rings. The number of aldehydes is 1. The minimum absolute atomic E-state index is 0.183. The van der Waals surface area contributed by atoms with E-state index >= 15 is 0 Å². The zero-order chi connectivity index (χ0) is 25.2. The van der Waals surface area contributed by atoms with Gasteiger partial charge in [0.15, 0.2) is 0 Å². The molecule has 4 nitrogen and oxygen atoms in total. The number of hydrogen-bond acceptors (Lipinski definition) is 4. The Balaban J connectivity index is 1.58. The Kier molecular flexibility index (Phi) is 10.5. The molecule has 0 bridgehead atoms. The minimum Gasteiger partial charge on any atom is -0.365 e. The number of aryl methyl sites for hydroxylation is 2. The Bertz CT molecular complexity index is 929. The number of carbonyl (C=O) groups is 1. The standard InChI is InChI=1S/C30H42FN3O/c1-23(2)14-19-34(30-15-17-33(18-16-30)21-24(3)20-28(32)22-35)29-12-8-26(9-13-29)5-4-25-6-10-27(31)11-7-25/h6-14,22,24,28,30H,4-5,15-21,32H2,1-3H3. The number of nitrogens with two attached hydrogens (primary N) is 1. The van der Waals surface area contributed by atoms with Crippen molar-refractivity contribution in [1.82, 2.24) is 4.90 Å². The van der Waals surface area contributed by atoms with E-state index in [9.17, 15) is 9.18 Å². The molecule has 1 saturated heterocycles. The van der Waals surface area contributed by atoms with E-state index in [2.05, 4.69) is 60.9 Å². The fourth-order valence-electron chi connectivity index (χ4n) is 4.99. The monoisotopic (exact) mass is 479 g/mol. The lowest BCUT2D eigenvalue weighted by molar-refractivity contribution is -0.109. The van der Waals surface area contributed by atoms with Crippen LogP contribution in [0.25, 0.3) is 0 Å². The van der Waals surface area contributed by atoms with Crippen LogP contribution in [0.2, 0.25) is 0 Å². The van der Waals surface area contributed by atoms with Crippen LogP contribution in [-0.2, 0) is 17.6 Å². The first kappa shape index (κ1) is 27.1. The lowest BCUT2D eigenvalue weighted by atomic mass is 9.98. The van der Waals surface area contributed by atoms with Gasteiger partial charge in [-0.25, -0.2) is 4.39 Å². The Hall–Kier alpha value is -2.50. The first-order valence-corrected chi connectivity index (χ1v) is 13.0. The summed E-state index contributed by atoms with van der Waals surface area (Å²) in [6.45, 7) is 10.6. The predicted molar refractivity (Wildman–Crippen MR) is 144 cm³/mol. The van der Waals surface area contributed by atoms with E-state index in [0.29, 0.717) is 12.0 Å². The zero-order valence-electron chi connectivity index (χ0n) is 21.6. The van der Waals surface area contributed by atoms with Gasteiger partial charge in [0.25, 0.3) is 0 Å². The Morgan fingerprint density at radius 1 is 1.06 bits per heavy atom. The van der Waals surface area contributed by atoms with Crippen molar-refractivity contribution in [2.75, 3.05) is 31.1 Å². The highest BCUT2D eigenvalue weighted by atomic mass is 19.1. The second-order valence-corrected chi connectivity index (χ2v) is 10.4. The summed E-state index contributed by atoms with van der Waals surface area (Å²) in [4.78, 5) is 15.9. The van der Waals surface area contributed by atoms with Crippen molar-refractivity contribution in [1.29, 1.82) is 0 Å². The zero-order valence-corrected chi connectivity index (χ0v) is 21.6. The van der Waals surface area contributed by atoms with Gasteiger partial charge in [0.1, 0.15) is 12.1 Å². The van der Waals surface area contributed by atoms with E-state index in [1.54, 1.807) is 0 Å². The number of nitrogens with zero attached hydrogens (tertiary/aromatic N) is 2. The first-order chi connectivity index (χ1) is 16.8. The van der Waals surface area contributed by atoms with Crippen molar-refractivity contribution in [3.63, 3.8) is 0 Å². The maximum atomic E-state index is 13.1. The van der Waals surface area contributed by atoms with Crippen LogP contribution in [0, 0.1) is 11.7 Å². The van der Waals surface area contributed by atoms with E-state index in [0.717, 1.165) is 70.1 Å². The van der Waals surface area contributed by atoms with Gasteiger partial charge in [-0.15, -0.1) is 0 Å². The third-order valence-electron chi connectivity index (χ3n) is 7.00. The van der Waals surface area contributed by atoms with Crippen LogP contribution in [0.5, 0.6) is 0 Å². The number of halogens is 1. The molecule has 5 heteroatoms. The molecule has 3 rings (SSSR count). The van der Waals surface area contributed by atoms with Gasteiger partial charge in [-0.1, -0.05) is 42.8 Å². The highest BCUT2D eigenvalue weighted by Crippen LogP contribution is 2.25. The molecule has 2 atom stereocenters. The van der Waals surface area contributed by atoms with Crippen LogP contribution in [0.15, 0.2) is 60.2 Å². The van der Waals surface area contributed by atoms with Gasteiger partial charge in [0.2, 0.25) is 0 Å². The van der Waals surface area contributed by atoms with Gasteiger partial charge in [-0.3, -0.25) is 0 Å². The minimum atomic E-state index is -0.347. The largest absolute Gasteiger partial charge is 0.365 e. The average Bonchev–Trinajstić information content (AvgIpc) is 2.85. The van der Waals surface area contributed by atoms with Crippen molar-refractivity contribution >= 4 is 12.0 Å². The van der Waals surface area contributed by atoms with Crippen molar-refractivity contribution in [3.8, 4) is 0 Å². The number of hydrogen-bond donors (Lipinski definition) is 1.